The number of aromatic amines is 1. The molecule has 0 radical (unpaired) electrons. The Kier molecular flexibility index (Phi) is 3.50. The zero-order valence-corrected chi connectivity index (χ0v) is 11.1. The van der Waals surface area contributed by atoms with Gasteiger partial charge in [0.2, 0.25) is 0 Å². The van der Waals surface area contributed by atoms with Crippen molar-refractivity contribution in [1.82, 2.24) is 4.98 Å². The summed E-state index contributed by atoms with van der Waals surface area (Å²) < 4.78 is 13.8. The minimum Gasteiger partial charge on any atom is -0.356 e. The van der Waals surface area contributed by atoms with Crippen LogP contribution in [0.25, 0.3) is 10.9 Å². The highest BCUT2D eigenvalue weighted by atomic mass is 19.1. The minimum absolute atomic E-state index is 0.0492. The highest BCUT2D eigenvalue weighted by Crippen LogP contribution is 2.20. The van der Waals surface area contributed by atoms with Gasteiger partial charge in [0, 0.05) is 11.3 Å². The Labute approximate surface area is 106 Å². The summed E-state index contributed by atoms with van der Waals surface area (Å²) in [4.78, 5) is 15.3. The van der Waals surface area contributed by atoms with E-state index in [9.17, 15) is 9.18 Å². The lowest BCUT2D eigenvalue weighted by Gasteiger charge is -2.09. The fraction of sp³-hybridized carbons (Fsp3) is 0.400. The van der Waals surface area contributed by atoms with Gasteiger partial charge >= 0.3 is 0 Å². The molecule has 2 nitrogen and oxygen atoms in total. The first-order valence-electron chi connectivity index (χ1n) is 6.36. The molecule has 0 aliphatic heterocycles. The molecule has 0 atom stereocenters. The van der Waals surface area contributed by atoms with Crippen molar-refractivity contribution >= 4 is 10.9 Å². The third-order valence-electron chi connectivity index (χ3n) is 3.48. The molecule has 0 aliphatic rings. The second-order valence-corrected chi connectivity index (χ2v) is 4.76. The summed E-state index contributed by atoms with van der Waals surface area (Å²) in [6.07, 6.45) is 2.88. The topological polar surface area (TPSA) is 32.9 Å². The molecule has 1 aromatic heterocycles. The Balaban J connectivity index is 2.79. The number of unbranched alkanes of at least 4 members (excludes halogenated alkanes) is 1. The normalized spacial score (nSPS) is 11.1. The minimum atomic E-state index is -0.356. The smallest absolute Gasteiger partial charge is 0.192 e. The fourth-order valence-electron chi connectivity index (χ4n) is 2.22. The second kappa shape index (κ2) is 4.92. The van der Waals surface area contributed by atoms with E-state index in [0.29, 0.717) is 16.5 Å². The summed E-state index contributed by atoms with van der Waals surface area (Å²) >= 11 is 0. The quantitative estimate of drug-likeness (QED) is 0.882. The Bertz CT molecular complexity index is 643. The van der Waals surface area contributed by atoms with Gasteiger partial charge in [0.15, 0.2) is 5.43 Å². The lowest BCUT2D eigenvalue weighted by atomic mass is 10.00. The van der Waals surface area contributed by atoms with Gasteiger partial charge in [0.1, 0.15) is 5.82 Å². The van der Waals surface area contributed by atoms with Crippen LogP contribution in [-0.2, 0) is 6.42 Å². The Morgan fingerprint density at radius 3 is 2.67 bits per heavy atom. The van der Waals surface area contributed by atoms with Gasteiger partial charge < -0.3 is 4.98 Å². The number of rotatable bonds is 3. The highest BCUT2D eigenvalue weighted by molar-refractivity contribution is 5.83. The number of halogens is 1. The molecule has 1 aromatic carbocycles. The van der Waals surface area contributed by atoms with Crippen LogP contribution in [0.3, 0.4) is 0 Å². The van der Waals surface area contributed by atoms with Crippen LogP contribution in [0.1, 0.15) is 36.6 Å². The number of hydrogen-bond acceptors (Lipinski definition) is 1. The first kappa shape index (κ1) is 12.8. The van der Waals surface area contributed by atoms with E-state index >= 15 is 0 Å². The number of benzene rings is 1. The Morgan fingerprint density at radius 1 is 1.28 bits per heavy atom. The molecule has 0 bridgehead atoms. The number of nitrogens with one attached hydrogen (secondary N) is 1. The molecule has 0 aliphatic carbocycles. The van der Waals surface area contributed by atoms with Crippen LogP contribution in [-0.4, -0.2) is 4.98 Å². The van der Waals surface area contributed by atoms with Crippen LogP contribution in [0.4, 0.5) is 4.39 Å². The second-order valence-electron chi connectivity index (χ2n) is 4.76. The van der Waals surface area contributed by atoms with Crippen LogP contribution < -0.4 is 5.43 Å². The summed E-state index contributed by atoms with van der Waals surface area (Å²) in [5, 5.41) is 0.520. The van der Waals surface area contributed by atoms with Gasteiger partial charge in [0.05, 0.1) is 10.9 Å². The molecular formula is C15H18FNO. The van der Waals surface area contributed by atoms with Gasteiger partial charge in [-0.3, -0.25) is 4.79 Å². The molecule has 0 amide bonds. The van der Waals surface area contributed by atoms with E-state index in [4.69, 9.17) is 0 Å². The van der Waals surface area contributed by atoms with Crippen molar-refractivity contribution in [3.8, 4) is 0 Å². The lowest BCUT2D eigenvalue weighted by molar-refractivity contribution is 0.635. The van der Waals surface area contributed by atoms with Crippen molar-refractivity contribution in [3.63, 3.8) is 0 Å². The van der Waals surface area contributed by atoms with E-state index in [1.54, 1.807) is 19.9 Å². The van der Waals surface area contributed by atoms with E-state index in [-0.39, 0.29) is 11.2 Å². The Hall–Kier alpha value is -1.64. The fourth-order valence-corrected chi connectivity index (χ4v) is 2.22. The summed E-state index contributed by atoms with van der Waals surface area (Å²) in [5.41, 5.74) is 2.64. The van der Waals surface area contributed by atoms with E-state index in [1.807, 2.05) is 0 Å². The predicted molar refractivity (Wildman–Crippen MR) is 72.6 cm³/mol. The van der Waals surface area contributed by atoms with Gasteiger partial charge in [-0.1, -0.05) is 19.4 Å². The third kappa shape index (κ3) is 2.05. The zero-order chi connectivity index (χ0) is 13.3. The van der Waals surface area contributed by atoms with Crippen molar-refractivity contribution in [2.24, 2.45) is 0 Å². The van der Waals surface area contributed by atoms with Gasteiger partial charge in [-0.05, 0) is 38.3 Å². The van der Waals surface area contributed by atoms with Crippen molar-refractivity contribution in [2.75, 3.05) is 0 Å². The summed E-state index contributed by atoms with van der Waals surface area (Å²) in [6.45, 7) is 5.68. The standard InChI is InChI=1S/C15H18FNO/c1-4-5-6-11-7-8-12(16)14-13(11)15(18)9(2)10(3)17-14/h7-8H,4-6H2,1-3H3,(H,17,18). The van der Waals surface area contributed by atoms with Gasteiger partial charge in [-0.25, -0.2) is 4.39 Å². The maximum atomic E-state index is 13.8. The number of hydrogen-bond donors (Lipinski definition) is 1. The molecule has 0 spiro atoms. The van der Waals surface area contributed by atoms with E-state index in [1.165, 1.54) is 6.07 Å². The van der Waals surface area contributed by atoms with Crippen molar-refractivity contribution in [1.29, 1.82) is 0 Å². The average Bonchev–Trinajstić information content (AvgIpc) is 2.36. The van der Waals surface area contributed by atoms with Gasteiger partial charge in [0.25, 0.3) is 0 Å². The molecule has 18 heavy (non-hydrogen) atoms. The third-order valence-corrected chi connectivity index (χ3v) is 3.48. The number of H-pyrrole nitrogens is 1. The van der Waals surface area contributed by atoms with Gasteiger partial charge in [-0.15, -0.1) is 0 Å². The molecule has 3 heteroatoms. The van der Waals surface area contributed by atoms with Crippen molar-refractivity contribution < 1.29 is 4.39 Å². The maximum Gasteiger partial charge on any atom is 0.192 e. The monoisotopic (exact) mass is 247 g/mol. The summed E-state index contributed by atoms with van der Waals surface area (Å²) in [6, 6.07) is 3.18. The summed E-state index contributed by atoms with van der Waals surface area (Å²) in [7, 11) is 0. The number of aryl methyl sites for hydroxylation is 2. The lowest BCUT2D eigenvalue weighted by Crippen LogP contribution is -2.12. The van der Waals surface area contributed by atoms with Crippen LogP contribution in [0, 0.1) is 19.7 Å². The van der Waals surface area contributed by atoms with Crippen LogP contribution in [0.2, 0.25) is 0 Å². The molecule has 0 saturated carbocycles. The Morgan fingerprint density at radius 2 is 2.00 bits per heavy atom. The van der Waals surface area contributed by atoms with Gasteiger partial charge in [-0.2, -0.15) is 0 Å². The molecule has 0 fully saturated rings. The number of aromatic nitrogens is 1. The molecule has 96 valence electrons. The molecule has 2 aromatic rings. The molecule has 1 heterocycles. The molecule has 0 unspecified atom stereocenters. The SMILES string of the molecule is CCCCc1ccc(F)c2[nH]c(C)c(C)c(=O)c12. The van der Waals surface area contributed by atoms with E-state index in [0.717, 1.165) is 30.5 Å². The average molecular weight is 247 g/mol. The highest BCUT2D eigenvalue weighted by Gasteiger charge is 2.12. The first-order valence-corrected chi connectivity index (χ1v) is 6.36. The molecule has 2 rings (SSSR count). The molecule has 1 N–H and O–H groups in total. The van der Waals surface area contributed by atoms with Crippen LogP contribution in [0.15, 0.2) is 16.9 Å². The van der Waals surface area contributed by atoms with E-state index in [2.05, 4.69) is 11.9 Å². The first-order chi connectivity index (χ1) is 8.56. The van der Waals surface area contributed by atoms with Crippen LogP contribution >= 0.6 is 0 Å². The molecule has 0 saturated heterocycles. The molecular weight excluding hydrogens is 229 g/mol. The van der Waals surface area contributed by atoms with Crippen LogP contribution in [0.5, 0.6) is 0 Å². The maximum absolute atomic E-state index is 13.8. The number of pyridine rings is 1. The van der Waals surface area contributed by atoms with Crippen molar-refractivity contribution in [3.05, 3.63) is 45.0 Å². The summed E-state index contributed by atoms with van der Waals surface area (Å²) in [5.74, 6) is -0.356. The predicted octanol–water partition coefficient (Wildman–Crippen LogP) is 3.63. The number of fused-ring (bicyclic) bond motifs is 1. The zero-order valence-electron chi connectivity index (χ0n) is 11.1. The van der Waals surface area contributed by atoms with E-state index < -0.39 is 0 Å². The largest absolute Gasteiger partial charge is 0.356 e. The van der Waals surface area contributed by atoms with Crippen molar-refractivity contribution in [2.45, 2.75) is 40.0 Å².